The van der Waals surface area contributed by atoms with E-state index in [0.717, 1.165) is 47.8 Å². The van der Waals surface area contributed by atoms with Crippen LogP contribution in [0.5, 0.6) is 5.75 Å². The Morgan fingerprint density at radius 2 is 1.65 bits per heavy atom. The first-order valence-electron chi connectivity index (χ1n) is 11.3. The van der Waals surface area contributed by atoms with Gasteiger partial charge in [-0.25, -0.2) is 0 Å². The molecule has 0 aromatic heterocycles. The molecule has 162 valence electrons. The molecule has 3 saturated heterocycles. The molecule has 2 bridgehead atoms. The molecule has 3 amide bonds. The summed E-state index contributed by atoms with van der Waals surface area (Å²) >= 11 is 0. The number of piperidine rings is 1. The van der Waals surface area contributed by atoms with Gasteiger partial charge in [0.1, 0.15) is 5.75 Å². The van der Waals surface area contributed by atoms with Crippen LogP contribution in [0.4, 0.5) is 0 Å². The highest BCUT2D eigenvalue weighted by Crippen LogP contribution is 2.39. The van der Waals surface area contributed by atoms with Gasteiger partial charge in [-0.3, -0.25) is 19.3 Å². The fraction of sp³-hybridized carbons (Fsp3) is 0.480. The maximum absolute atomic E-state index is 13.3. The van der Waals surface area contributed by atoms with Crippen molar-refractivity contribution in [2.45, 2.75) is 69.5 Å². The lowest BCUT2D eigenvalue weighted by molar-refractivity contribution is -0.144. The SMILES string of the molecule is COc1ccc2ccccc2c1CCC(=O)N1C2CCC1CC(N1C(=O)CCC1=O)C2. The minimum absolute atomic E-state index is 0.0396. The van der Waals surface area contributed by atoms with Gasteiger partial charge < -0.3 is 9.64 Å². The molecule has 3 fully saturated rings. The molecule has 0 aliphatic carbocycles. The summed E-state index contributed by atoms with van der Waals surface area (Å²) in [5, 5.41) is 2.27. The number of aryl methyl sites for hydroxylation is 1. The van der Waals surface area contributed by atoms with E-state index in [2.05, 4.69) is 17.0 Å². The Hall–Kier alpha value is -2.89. The van der Waals surface area contributed by atoms with Gasteiger partial charge in [-0.15, -0.1) is 0 Å². The summed E-state index contributed by atoms with van der Waals surface area (Å²) in [6.07, 6.45) is 5.09. The highest BCUT2D eigenvalue weighted by molar-refractivity contribution is 6.02. The quantitative estimate of drug-likeness (QED) is 0.695. The molecular weight excluding hydrogens is 392 g/mol. The summed E-state index contributed by atoms with van der Waals surface area (Å²) in [6.45, 7) is 0. The van der Waals surface area contributed by atoms with E-state index in [0.29, 0.717) is 25.7 Å². The molecule has 3 aliphatic rings. The number of carbonyl (C=O) groups excluding carboxylic acids is 3. The number of hydrogen-bond donors (Lipinski definition) is 0. The van der Waals surface area contributed by atoms with Crippen LogP contribution < -0.4 is 4.74 Å². The number of likely N-dealkylation sites (tertiary alicyclic amines) is 1. The number of nitrogens with zero attached hydrogens (tertiary/aromatic N) is 2. The average molecular weight is 421 g/mol. The summed E-state index contributed by atoms with van der Waals surface area (Å²) in [4.78, 5) is 41.2. The molecule has 0 saturated carbocycles. The summed E-state index contributed by atoms with van der Waals surface area (Å²) in [5.74, 6) is 0.897. The number of amides is 3. The molecule has 3 heterocycles. The predicted octanol–water partition coefficient (Wildman–Crippen LogP) is 3.45. The third-order valence-corrected chi connectivity index (χ3v) is 7.26. The topological polar surface area (TPSA) is 66.9 Å². The van der Waals surface area contributed by atoms with Gasteiger partial charge in [-0.1, -0.05) is 30.3 Å². The van der Waals surface area contributed by atoms with Crippen molar-refractivity contribution in [3.05, 3.63) is 42.0 Å². The molecule has 2 aromatic rings. The highest BCUT2D eigenvalue weighted by Gasteiger charge is 2.47. The lowest BCUT2D eigenvalue weighted by Gasteiger charge is -2.41. The van der Waals surface area contributed by atoms with Crippen LogP contribution in [0.25, 0.3) is 10.8 Å². The molecule has 0 radical (unpaired) electrons. The van der Waals surface area contributed by atoms with Crippen molar-refractivity contribution in [2.24, 2.45) is 0 Å². The second-order valence-corrected chi connectivity index (χ2v) is 8.94. The van der Waals surface area contributed by atoms with Gasteiger partial charge in [0.05, 0.1) is 7.11 Å². The standard InChI is InChI=1S/C25H28N2O4/c1-31-22-10-6-16-4-2-3-5-20(16)21(22)9-11-23(28)26-17-7-8-18(26)15-19(14-17)27-24(29)12-13-25(27)30/h2-6,10,17-19H,7-9,11-15H2,1H3. The van der Waals surface area contributed by atoms with Crippen LogP contribution in [0.15, 0.2) is 36.4 Å². The molecular formula is C25H28N2O4. The van der Waals surface area contributed by atoms with Gasteiger partial charge in [0, 0.05) is 43.0 Å². The fourth-order valence-electron chi connectivity index (χ4n) is 5.89. The van der Waals surface area contributed by atoms with Gasteiger partial charge >= 0.3 is 0 Å². The third-order valence-electron chi connectivity index (χ3n) is 7.26. The summed E-state index contributed by atoms with van der Waals surface area (Å²) < 4.78 is 5.58. The normalized spacial score (nSPS) is 25.5. The van der Waals surface area contributed by atoms with Crippen LogP contribution in [0.2, 0.25) is 0 Å². The fourth-order valence-corrected chi connectivity index (χ4v) is 5.89. The van der Waals surface area contributed by atoms with Crippen LogP contribution in [0, 0.1) is 0 Å². The largest absolute Gasteiger partial charge is 0.496 e. The summed E-state index contributed by atoms with van der Waals surface area (Å²) in [7, 11) is 1.67. The van der Waals surface area contributed by atoms with Crippen molar-refractivity contribution in [2.75, 3.05) is 7.11 Å². The maximum Gasteiger partial charge on any atom is 0.229 e. The van der Waals surface area contributed by atoms with Gasteiger partial charge in [0.2, 0.25) is 17.7 Å². The second-order valence-electron chi connectivity index (χ2n) is 8.94. The van der Waals surface area contributed by atoms with E-state index in [1.54, 1.807) is 7.11 Å². The molecule has 0 N–H and O–H groups in total. The Morgan fingerprint density at radius 1 is 0.968 bits per heavy atom. The Labute approximate surface area is 182 Å². The van der Waals surface area contributed by atoms with Gasteiger partial charge in [-0.05, 0) is 48.9 Å². The van der Waals surface area contributed by atoms with E-state index in [-0.39, 0.29) is 35.8 Å². The number of rotatable bonds is 5. The highest BCUT2D eigenvalue weighted by atomic mass is 16.5. The van der Waals surface area contributed by atoms with Crippen LogP contribution in [0.3, 0.4) is 0 Å². The van der Waals surface area contributed by atoms with Crippen molar-refractivity contribution in [3.63, 3.8) is 0 Å². The molecule has 6 nitrogen and oxygen atoms in total. The molecule has 31 heavy (non-hydrogen) atoms. The first-order valence-corrected chi connectivity index (χ1v) is 11.3. The number of methoxy groups -OCH3 is 1. The van der Waals surface area contributed by atoms with Crippen LogP contribution in [-0.2, 0) is 20.8 Å². The molecule has 3 aliphatic heterocycles. The predicted molar refractivity (Wildman–Crippen MR) is 117 cm³/mol. The van der Waals surface area contributed by atoms with Crippen molar-refractivity contribution >= 4 is 28.5 Å². The number of fused-ring (bicyclic) bond motifs is 3. The smallest absolute Gasteiger partial charge is 0.229 e. The molecule has 2 aromatic carbocycles. The van der Waals surface area contributed by atoms with Gasteiger partial charge in [-0.2, -0.15) is 0 Å². The van der Waals surface area contributed by atoms with Crippen molar-refractivity contribution in [1.29, 1.82) is 0 Å². The molecule has 6 heteroatoms. The van der Waals surface area contributed by atoms with Crippen LogP contribution in [-0.4, -0.2) is 52.8 Å². The number of ether oxygens (including phenoxy) is 1. The Bertz CT molecular complexity index is 1020. The lowest BCUT2D eigenvalue weighted by atomic mass is 9.94. The van der Waals surface area contributed by atoms with E-state index in [1.165, 1.54) is 4.90 Å². The summed E-state index contributed by atoms with van der Waals surface area (Å²) in [5.41, 5.74) is 1.07. The zero-order chi connectivity index (χ0) is 21.5. The van der Waals surface area contributed by atoms with E-state index < -0.39 is 0 Å². The van der Waals surface area contributed by atoms with Crippen molar-refractivity contribution in [3.8, 4) is 5.75 Å². The molecule has 2 unspecified atom stereocenters. The first-order chi connectivity index (χ1) is 15.1. The minimum atomic E-state index is -0.0442. The van der Waals surface area contributed by atoms with Crippen molar-refractivity contribution in [1.82, 2.24) is 9.80 Å². The zero-order valence-electron chi connectivity index (χ0n) is 17.9. The Morgan fingerprint density at radius 3 is 2.32 bits per heavy atom. The zero-order valence-corrected chi connectivity index (χ0v) is 17.9. The number of hydrogen-bond acceptors (Lipinski definition) is 4. The number of benzene rings is 2. The Balaban J connectivity index is 1.30. The van der Waals surface area contributed by atoms with Gasteiger partial charge in [0.15, 0.2) is 0 Å². The molecule has 2 atom stereocenters. The van der Waals surface area contributed by atoms with Crippen LogP contribution >= 0.6 is 0 Å². The monoisotopic (exact) mass is 420 g/mol. The van der Waals surface area contributed by atoms with E-state index in [1.807, 2.05) is 24.3 Å². The van der Waals surface area contributed by atoms with E-state index in [4.69, 9.17) is 4.74 Å². The average Bonchev–Trinajstić information content (AvgIpc) is 3.26. The van der Waals surface area contributed by atoms with Crippen LogP contribution in [0.1, 0.15) is 50.5 Å². The molecule has 0 spiro atoms. The third kappa shape index (κ3) is 3.48. The van der Waals surface area contributed by atoms with Gasteiger partial charge in [0.25, 0.3) is 0 Å². The lowest BCUT2D eigenvalue weighted by Crippen LogP contribution is -2.53. The van der Waals surface area contributed by atoms with Crippen molar-refractivity contribution < 1.29 is 19.1 Å². The Kier molecular flexibility index (Phi) is 5.16. The number of carbonyl (C=O) groups is 3. The second kappa shape index (κ2) is 7.98. The van der Waals surface area contributed by atoms with E-state index in [9.17, 15) is 14.4 Å². The first kappa shape index (κ1) is 20.0. The molecule has 5 rings (SSSR count). The maximum atomic E-state index is 13.3. The number of imide groups is 1. The minimum Gasteiger partial charge on any atom is -0.496 e. The summed E-state index contributed by atoms with van der Waals surface area (Å²) in [6, 6.07) is 12.4. The van der Waals surface area contributed by atoms with E-state index >= 15 is 0 Å².